The number of nitrogens with two attached hydrogens (primary N) is 1. The van der Waals surface area contributed by atoms with E-state index in [0.29, 0.717) is 56.1 Å². The number of allylic oxidation sites excluding steroid dienone is 1. The van der Waals surface area contributed by atoms with E-state index in [2.05, 4.69) is 75.3 Å². The molecule has 0 radical (unpaired) electrons. The number of rotatable bonds is 9. The molecule has 12 atom stereocenters. The Labute approximate surface area is 316 Å². The van der Waals surface area contributed by atoms with E-state index in [1.165, 1.54) is 6.42 Å². The van der Waals surface area contributed by atoms with Crippen molar-refractivity contribution in [2.75, 3.05) is 32.1 Å². The molecule has 3 saturated carbocycles. The van der Waals surface area contributed by atoms with Gasteiger partial charge in [-0.3, -0.25) is 4.79 Å². The molecule has 2 saturated heterocycles. The molecule has 0 amide bonds. The van der Waals surface area contributed by atoms with Crippen LogP contribution in [-0.2, 0) is 25.6 Å². The molecule has 290 valence electrons. The van der Waals surface area contributed by atoms with E-state index >= 15 is 0 Å². The fraction of sp³-hybridized carbons (Fsp3) is 0.767. The summed E-state index contributed by atoms with van der Waals surface area (Å²) in [4.78, 5) is 16.6. The summed E-state index contributed by atoms with van der Waals surface area (Å²) in [5.41, 5.74) is 7.72. The van der Waals surface area contributed by atoms with Gasteiger partial charge in [-0.15, -0.1) is 5.10 Å². The van der Waals surface area contributed by atoms with Gasteiger partial charge in [0.25, 0.3) is 5.95 Å². The number of carbonyl (C=O) groups excluding carboxylic acids is 1. The zero-order valence-corrected chi connectivity index (χ0v) is 33.3. The normalized spacial score (nSPS) is 42.6. The number of aromatic nitrogens is 4. The maximum absolute atomic E-state index is 14.8. The standard InChI is InChI=1S/C43H64N6O4/c1-27(2)28(3)39(4)19-20-41(6)31-15-16-34-40(5)25-51-26-43(34,22-33(49-47-38(44)46-48-49)36(40)52-24-30-14-11-21-45-30)32(31)17-18-42(41,7)35(39)37(50)53-23-29-12-9-8-10-13-29/h8-10,12-13,17,27-28,30-31,33-36,45H,11,14-16,18-26H2,1-7H3,(H2,44,47)/t28-,30?,31+,33-,34+,35-,36+,39-,40-,41-,42+,43+/m1/s1. The van der Waals surface area contributed by atoms with Crippen LogP contribution in [0.25, 0.3) is 0 Å². The molecule has 2 bridgehead atoms. The van der Waals surface area contributed by atoms with Crippen molar-refractivity contribution in [1.29, 1.82) is 0 Å². The molecule has 0 spiro atoms. The number of tetrazole rings is 1. The van der Waals surface area contributed by atoms with Gasteiger partial charge < -0.3 is 25.3 Å². The Balaban J connectivity index is 1.18. The summed E-state index contributed by atoms with van der Waals surface area (Å²) in [5.74, 6) is 1.50. The molecular formula is C43H64N6O4. The van der Waals surface area contributed by atoms with Gasteiger partial charge in [0.2, 0.25) is 0 Å². The Morgan fingerprint density at radius 2 is 1.85 bits per heavy atom. The van der Waals surface area contributed by atoms with Gasteiger partial charge >= 0.3 is 5.97 Å². The number of nitrogens with one attached hydrogen (secondary N) is 1. The molecule has 10 nitrogen and oxygen atoms in total. The third-order valence-corrected chi connectivity index (χ3v) is 16.7. The smallest absolute Gasteiger partial charge is 0.310 e. The number of hydrogen-bond donors (Lipinski definition) is 2. The van der Waals surface area contributed by atoms with Gasteiger partial charge in [0, 0.05) is 16.9 Å². The molecule has 3 N–H and O–H groups in total. The van der Waals surface area contributed by atoms with Crippen molar-refractivity contribution >= 4 is 11.9 Å². The summed E-state index contributed by atoms with van der Waals surface area (Å²) in [6.45, 7) is 20.1. The first kappa shape index (κ1) is 37.1. The number of anilines is 1. The highest BCUT2D eigenvalue weighted by Crippen LogP contribution is 2.75. The van der Waals surface area contributed by atoms with E-state index in [4.69, 9.17) is 19.9 Å². The van der Waals surface area contributed by atoms with E-state index in [0.717, 1.165) is 57.1 Å². The average Bonchev–Trinajstić information content (AvgIpc) is 3.82. The van der Waals surface area contributed by atoms with E-state index in [1.54, 1.807) is 10.4 Å². The second kappa shape index (κ2) is 13.4. The highest BCUT2D eigenvalue weighted by molar-refractivity contribution is 5.75. The number of benzene rings is 1. The van der Waals surface area contributed by atoms with Gasteiger partial charge in [-0.2, -0.15) is 4.80 Å². The van der Waals surface area contributed by atoms with E-state index in [9.17, 15) is 4.79 Å². The number of carbonyl (C=O) groups is 1. The quantitative estimate of drug-likeness (QED) is 0.204. The molecule has 5 fully saturated rings. The third-order valence-electron chi connectivity index (χ3n) is 16.7. The lowest BCUT2D eigenvalue weighted by atomic mass is 9.34. The van der Waals surface area contributed by atoms with Crippen molar-refractivity contribution in [3.8, 4) is 0 Å². The van der Waals surface area contributed by atoms with Crippen molar-refractivity contribution in [2.24, 2.45) is 56.7 Å². The van der Waals surface area contributed by atoms with Crippen molar-refractivity contribution in [3.05, 3.63) is 47.5 Å². The summed E-state index contributed by atoms with van der Waals surface area (Å²) in [7, 11) is 0. The maximum Gasteiger partial charge on any atom is 0.310 e. The van der Waals surface area contributed by atoms with Crippen LogP contribution < -0.4 is 11.1 Å². The Morgan fingerprint density at radius 3 is 2.55 bits per heavy atom. The van der Waals surface area contributed by atoms with Gasteiger partial charge in [-0.1, -0.05) is 95.5 Å². The number of fused-ring (bicyclic) bond motifs is 3. The molecule has 2 aliphatic heterocycles. The minimum Gasteiger partial charge on any atom is -0.461 e. The van der Waals surface area contributed by atoms with Crippen LogP contribution in [0.4, 0.5) is 5.95 Å². The fourth-order valence-corrected chi connectivity index (χ4v) is 13.4. The lowest BCUT2D eigenvalue weighted by Crippen LogP contribution is -2.69. The third kappa shape index (κ3) is 5.65. The number of nitrogen functional groups attached to an aromatic ring is 1. The molecule has 1 aromatic carbocycles. The zero-order chi connectivity index (χ0) is 37.4. The van der Waals surface area contributed by atoms with Gasteiger partial charge in [0.15, 0.2) is 0 Å². The first-order chi connectivity index (χ1) is 25.3. The topological polar surface area (TPSA) is 126 Å². The van der Waals surface area contributed by atoms with Crippen LogP contribution in [0, 0.1) is 56.7 Å². The largest absolute Gasteiger partial charge is 0.461 e. The molecule has 8 rings (SSSR count). The Kier molecular flexibility index (Phi) is 9.41. The molecule has 3 heterocycles. The molecular weight excluding hydrogens is 665 g/mol. The SMILES string of the molecule is CC(C)[C@@H](C)[C@@]1(C)CC[C@]2(C)[C@H]3CC[C@@H]4[C@@]5(COC[C@@]4(C)[C@@H](OCC4CCCN4)[C@H](n4nnc(N)n4)C5)C3=CC[C@@]2(C)[C@@H]1C(=O)OCc1ccccc1. The second-order valence-corrected chi connectivity index (χ2v) is 19.4. The summed E-state index contributed by atoms with van der Waals surface area (Å²) in [5, 5.41) is 16.9. The minimum atomic E-state index is -0.275. The fourth-order valence-electron chi connectivity index (χ4n) is 13.4. The zero-order valence-electron chi connectivity index (χ0n) is 33.3. The number of esters is 1. The van der Waals surface area contributed by atoms with Gasteiger partial charge in [-0.05, 0) is 109 Å². The van der Waals surface area contributed by atoms with Crippen LogP contribution in [0.15, 0.2) is 42.0 Å². The predicted octanol–water partition coefficient (Wildman–Crippen LogP) is 7.18. The molecule has 1 unspecified atom stereocenters. The Hall–Kier alpha value is -2.82. The molecule has 6 aliphatic rings. The van der Waals surface area contributed by atoms with Crippen LogP contribution in [0.3, 0.4) is 0 Å². The molecule has 1 aromatic heterocycles. The van der Waals surface area contributed by atoms with Crippen LogP contribution in [-0.4, -0.2) is 64.7 Å². The number of ether oxygens (including phenoxy) is 3. The highest BCUT2D eigenvalue weighted by Gasteiger charge is 2.72. The maximum atomic E-state index is 14.8. The summed E-state index contributed by atoms with van der Waals surface area (Å²) in [6, 6.07) is 10.4. The summed E-state index contributed by atoms with van der Waals surface area (Å²) >= 11 is 0. The highest BCUT2D eigenvalue weighted by atomic mass is 16.5. The van der Waals surface area contributed by atoms with E-state index in [1.807, 2.05) is 30.3 Å². The van der Waals surface area contributed by atoms with Crippen LogP contribution in [0.1, 0.15) is 111 Å². The van der Waals surface area contributed by atoms with Gasteiger partial charge in [-0.25, -0.2) is 0 Å². The molecule has 10 heteroatoms. The molecule has 53 heavy (non-hydrogen) atoms. The number of nitrogens with zero attached hydrogens (tertiary/aromatic N) is 4. The second-order valence-electron chi connectivity index (χ2n) is 19.4. The Bertz CT molecular complexity index is 1690. The van der Waals surface area contributed by atoms with E-state index < -0.39 is 0 Å². The average molecular weight is 729 g/mol. The van der Waals surface area contributed by atoms with Gasteiger partial charge in [0.1, 0.15) is 12.6 Å². The van der Waals surface area contributed by atoms with Gasteiger partial charge in [0.05, 0.1) is 31.8 Å². The van der Waals surface area contributed by atoms with Crippen LogP contribution in [0.2, 0.25) is 0 Å². The van der Waals surface area contributed by atoms with Crippen LogP contribution in [0.5, 0.6) is 0 Å². The molecule has 4 aliphatic carbocycles. The van der Waals surface area contributed by atoms with Crippen LogP contribution >= 0.6 is 0 Å². The lowest BCUT2D eigenvalue weighted by molar-refractivity contribution is -0.252. The van der Waals surface area contributed by atoms with E-state index in [-0.39, 0.29) is 57.1 Å². The summed E-state index contributed by atoms with van der Waals surface area (Å²) in [6.07, 6.45) is 10.8. The van der Waals surface area contributed by atoms with Crippen molar-refractivity contribution in [1.82, 2.24) is 25.5 Å². The van der Waals surface area contributed by atoms with Crippen molar-refractivity contribution < 1.29 is 19.0 Å². The lowest BCUT2D eigenvalue weighted by Gasteiger charge is -2.71. The minimum absolute atomic E-state index is 0.0288. The number of hydrogen-bond acceptors (Lipinski definition) is 9. The van der Waals surface area contributed by atoms with Crippen molar-refractivity contribution in [2.45, 2.75) is 125 Å². The predicted molar refractivity (Wildman–Crippen MR) is 204 cm³/mol. The Morgan fingerprint density at radius 1 is 1.06 bits per heavy atom. The first-order valence-electron chi connectivity index (χ1n) is 20.7. The molecule has 2 aromatic rings. The summed E-state index contributed by atoms with van der Waals surface area (Å²) < 4.78 is 20.1. The van der Waals surface area contributed by atoms with Crippen molar-refractivity contribution in [3.63, 3.8) is 0 Å². The first-order valence-corrected chi connectivity index (χ1v) is 20.7. The monoisotopic (exact) mass is 728 g/mol.